The van der Waals surface area contributed by atoms with Crippen LogP contribution in [-0.4, -0.2) is 28.5 Å². The van der Waals surface area contributed by atoms with Crippen molar-refractivity contribution in [3.05, 3.63) is 46.3 Å². The van der Waals surface area contributed by atoms with E-state index in [1.807, 2.05) is 0 Å². The molecule has 1 aromatic heterocycles. The number of aromatic amines is 1. The second kappa shape index (κ2) is 6.69. The summed E-state index contributed by atoms with van der Waals surface area (Å²) >= 11 is 0. The molecule has 0 fully saturated rings. The number of hydrogen-bond acceptors (Lipinski definition) is 5. The van der Waals surface area contributed by atoms with Crippen molar-refractivity contribution < 1.29 is 14.1 Å². The SMILES string of the molecule is COc1cc(NCCCc2ncc[nH]2)c(F)cc1[N+](=O)[O-]. The summed E-state index contributed by atoms with van der Waals surface area (Å²) in [5.41, 5.74) is -0.215. The first-order chi connectivity index (χ1) is 10.1. The predicted octanol–water partition coefficient (Wildman–Crippen LogP) is 2.51. The fourth-order valence-electron chi connectivity index (χ4n) is 1.90. The Bertz CT molecular complexity index is 616. The van der Waals surface area contributed by atoms with E-state index < -0.39 is 16.4 Å². The number of methoxy groups -OCH3 is 1. The minimum Gasteiger partial charge on any atom is -0.490 e. The largest absolute Gasteiger partial charge is 0.490 e. The summed E-state index contributed by atoms with van der Waals surface area (Å²) in [7, 11) is 1.31. The first-order valence-electron chi connectivity index (χ1n) is 6.36. The van der Waals surface area contributed by atoms with Crippen molar-refractivity contribution in [3.63, 3.8) is 0 Å². The van der Waals surface area contributed by atoms with Crippen LogP contribution in [0.3, 0.4) is 0 Å². The lowest BCUT2D eigenvalue weighted by Gasteiger charge is -2.09. The molecule has 0 saturated carbocycles. The number of aromatic nitrogens is 2. The van der Waals surface area contributed by atoms with Gasteiger partial charge in [-0.05, 0) is 6.42 Å². The van der Waals surface area contributed by atoms with E-state index in [1.54, 1.807) is 12.4 Å². The van der Waals surface area contributed by atoms with E-state index in [4.69, 9.17) is 4.74 Å². The van der Waals surface area contributed by atoms with Crippen molar-refractivity contribution in [3.8, 4) is 5.75 Å². The molecule has 21 heavy (non-hydrogen) atoms. The standard InChI is InChI=1S/C13H15FN4O3/c1-21-12-8-10(9(14)7-11(12)18(19)20)15-4-2-3-13-16-5-6-17-13/h5-8,15H,2-4H2,1H3,(H,16,17). The quantitative estimate of drug-likeness (QED) is 0.465. The van der Waals surface area contributed by atoms with Gasteiger partial charge in [0.1, 0.15) is 5.82 Å². The molecule has 0 saturated heterocycles. The molecule has 1 heterocycles. The average Bonchev–Trinajstić information content (AvgIpc) is 2.97. The van der Waals surface area contributed by atoms with E-state index in [1.165, 1.54) is 13.2 Å². The molecule has 0 unspecified atom stereocenters. The third-order valence-corrected chi connectivity index (χ3v) is 2.93. The molecule has 0 atom stereocenters. The minimum atomic E-state index is -0.680. The third kappa shape index (κ3) is 3.68. The number of hydrogen-bond donors (Lipinski definition) is 2. The number of nitro groups is 1. The summed E-state index contributed by atoms with van der Waals surface area (Å²) in [5.74, 6) is 0.203. The zero-order chi connectivity index (χ0) is 15.2. The van der Waals surface area contributed by atoms with Crippen LogP contribution in [0.2, 0.25) is 0 Å². The zero-order valence-corrected chi connectivity index (χ0v) is 11.4. The Morgan fingerprint density at radius 2 is 2.33 bits per heavy atom. The molecule has 2 rings (SSSR count). The van der Waals surface area contributed by atoms with Crippen LogP contribution in [0.5, 0.6) is 5.75 Å². The highest BCUT2D eigenvalue weighted by atomic mass is 19.1. The summed E-state index contributed by atoms with van der Waals surface area (Å²) in [6, 6.07) is 2.15. The second-order valence-corrected chi connectivity index (χ2v) is 4.33. The van der Waals surface area contributed by atoms with Crippen molar-refractivity contribution in [2.45, 2.75) is 12.8 Å². The molecule has 0 radical (unpaired) electrons. The maximum atomic E-state index is 13.8. The van der Waals surface area contributed by atoms with E-state index in [9.17, 15) is 14.5 Å². The molecular weight excluding hydrogens is 279 g/mol. The Labute approximate surface area is 120 Å². The molecule has 0 aliphatic rings. The molecule has 0 amide bonds. The van der Waals surface area contributed by atoms with E-state index >= 15 is 0 Å². The Morgan fingerprint density at radius 1 is 1.52 bits per heavy atom. The van der Waals surface area contributed by atoms with Gasteiger partial charge in [0.25, 0.3) is 0 Å². The lowest BCUT2D eigenvalue weighted by molar-refractivity contribution is -0.385. The van der Waals surface area contributed by atoms with Gasteiger partial charge < -0.3 is 15.0 Å². The van der Waals surface area contributed by atoms with E-state index in [0.717, 1.165) is 24.7 Å². The number of H-pyrrole nitrogens is 1. The fraction of sp³-hybridized carbons (Fsp3) is 0.308. The average molecular weight is 294 g/mol. The summed E-state index contributed by atoms with van der Waals surface area (Å²) < 4.78 is 18.7. The van der Waals surface area contributed by atoms with Gasteiger partial charge in [-0.15, -0.1) is 0 Å². The number of halogens is 1. The Hall–Kier alpha value is -2.64. The van der Waals surface area contributed by atoms with Gasteiger partial charge in [0, 0.05) is 31.4 Å². The number of anilines is 1. The maximum Gasteiger partial charge on any atom is 0.313 e. The molecule has 2 aromatic rings. The van der Waals surface area contributed by atoms with E-state index in [-0.39, 0.29) is 11.4 Å². The number of ether oxygens (including phenoxy) is 1. The summed E-state index contributed by atoms with van der Waals surface area (Å²) in [5, 5.41) is 13.7. The van der Waals surface area contributed by atoms with E-state index in [0.29, 0.717) is 6.54 Å². The van der Waals surface area contributed by atoms with Crippen molar-refractivity contribution in [2.24, 2.45) is 0 Å². The lowest BCUT2D eigenvalue weighted by Crippen LogP contribution is -2.06. The highest BCUT2D eigenvalue weighted by molar-refractivity contribution is 5.59. The second-order valence-electron chi connectivity index (χ2n) is 4.33. The number of nitrogens with one attached hydrogen (secondary N) is 2. The van der Waals surface area contributed by atoms with E-state index in [2.05, 4.69) is 15.3 Å². The van der Waals surface area contributed by atoms with Gasteiger partial charge in [0.2, 0.25) is 0 Å². The molecule has 0 aliphatic carbocycles. The Kier molecular flexibility index (Phi) is 4.70. The summed E-state index contributed by atoms with van der Waals surface area (Å²) in [4.78, 5) is 17.1. The highest BCUT2D eigenvalue weighted by Gasteiger charge is 2.18. The van der Waals surface area contributed by atoms with Crippen LogP contribution in [-0.2, 0) is 6.42 Å². The molecule has 7 nitrogen and oxygen atoms in total. The molecule has 2 N–H and O–H groups in total. The molecule has 1 aromatic carbocycles. The highest BCUT2D eigenvalue weighted by Crippen LogP contribution is 2.32. The lowest BCUT2D eigenvalue weighted by atomic mass is 10.2. The molecule has 0 bridgehead atoms. The van der Waals surface area contributed by atoms with Crippen molar-refractivity contribution in [2.75, 3.05) is 19.0 Å². The van der Waals surface area contributed by atoms with Gasteiger partial charge in [0.05, 0.1) is 23.8 Å². The number of imidazole rings is 1. The van der Waals surface area contributed by atoms with Crippen LogP contribution in [0.4, 0.5) is 15.8 Å². The van der Waals surface area contributed by atoms with Crippen molar-refractivity contribution in [1.82, 2.24) is 9.97 Å². The molecule has 0 aliphatic heterocycles. The molecule has 112 valence electrons. The van der Waals surface area contributed by atoms with Crippen LogP contribution < -0.4 is 10.1 Å². The summed E-state index contributed by atoms with van der Waals surface area (Å²) in [6.45, 7) is 0.512. The monoisotopic (exact) mass is 294 g/mol. The van der Waals surface area contributed by atoms with Gasteiger partial charge in [-0.25, -0.2) is 9.37 Å². The number of rotatable bonds is 7. The van der Waals surface area contributed by atoms with Crippen LogP contribution in [0, 0.1) is 15.9 Å². The number of nitro benzene ring substituents is 1. The number of benzene rings is 1. The first-order valence-corrected chi connectivity index (χ1v) is 6.36. The van der Waals surface area contributed by atoms with Gasteiger partial charge in [0.15, 0.2) is 11.6 Å². The fourth-order valence-corrected chi connectivity index (χ4v) is 1.90. The van der Waals surface area contributed by atoms with Crippen molar-refractivity contribution in [1.29, 1.82) is 0 Å². The van der Waals surface area contributed by atoms with Gasteiger partial charge in [-0.2, -0.15) is 0 Å². The predicted molar refractivity (Wildman–Crippen MR) is 75.0 cm³/mol. The topological polar surface area (TPSA) is 93.1 Å². The van der Waals surface area contributed by atoms with Crippen molar-refractivity contribution >= 4 is 11.4 Å². The number of aryl methyl sites for hydroxylation is 1. The van der Waals surface area contributed by atoms with Gasteiger partial charge in [-0.1, -0.05) is 0 Å². The summed E-state index contributed by atoms with van der Waals surface area (Å²) in [6.07, 6.45) is 4.88. The first kappa shape index (κ1) is 14.8. The molecule has 8 heteroatoms. The van der Waals surface area contributed by atoms with Gasteiger partial charge >= 0.3 is 5.69 Å². The maximum absolute atomic E-state index is 13.8. The molecule has 0 spiro atoms. The normalized spacial score (nSPS) is 10.4. The Morgan fingerprint density at radius 3 is 2.95 bits per heavy atom. The zero-order valence-electron chi connectivity index (χ0n) is 11.4. The van der Waals surface area contributed by atoms with Crippen LogP contribution >= 0.6 is 0 Å². The number of nitrogens with zero attached hydrogens (tertiary/aromatic N) is 2. The van der Waals surface area contributed by atoms with Gasteiger partial charge in [-0.3, -0.25) is 10.1 Å². The molecular formula is C13H15FN4O3. The van der Waals surface area contributed by atoms with Crippen LogP contribution in [0.25, 0.3) is 0 Å². The minimum absolute atomic E-state index is 0.0231. The Balaban J connectivity index is 1.98. The third-order valence-electron chi connectivity index (χ3n) is 2.93. The van der Waals surface area contributed by atoms with Crippen LogP contribution in [0.15, 0.2) is 24.5 Å². The van der Waals surface area contributed by atoms with Crippen LogP contribution in [0.1, 0.15) is 12.2 Å². The smallest absolute Gasteiger partial charge is 0.313 e.